The van der Waals surface area contributed by atoms with Gasteiger partial charge in [-0.25, -0.2) is 13.2 Å². The van der Waals surface area contributed by atoms with Crippen molar-refractivity contribution in [2.45, 2.75) is 12.5 Å². The van der Waals surface area contributed by atoms with Crippen molar-refractivity contribution in [1.82, 2.24) is 10.2 Å². The number of halogens is 5. The van der Waals surface area contributed by atoms with Crippen molar-refractivity contribution in [1.29, 1.82) is 0 Å². The van der Waals surface area contributed by atoms with Crippen molar-refractivity contribution in [2.75, 3.05) is 26.2 Å². The highest BCUT2D eigenvalue weighted by Crippen LogP contribution is 2.30. The van der Waals surface area contributed by atoms with Gasteiger partial charge in [-0.05, 0) is 6.42 Å². The number of benzene rings is 1. The highest BCUT2D eigenvalue weighted by molar-refractivity contribution is 5.85. The van der Waals surface area contributed by atoms with E-state index in [9.17, 15) is 13.2 Å². The first-order chi connectivity index (χ1) is 9.13. The van der Waals surface area contributed by atoms with Gasteiger partial charge >= 0.3 is 0 Å². The molecule has 21 heavy (non-hydrogen) atoms. The minimum atomic E-state index is -0.892. The van der Waals surface area contributed by atoms with E-state index in [0.717, 1.165) is 25.2 Å². The minimum absolute atomic E-state index is 0. The Hall–Kier alpha value is -0.750. The van der Waals surface area contributed by atoms with E-state index in [1.54, 1.807) is 6.08 Å². The van der Waals surface area contributed by atoms with Crippen molar-refractivity contribution in [3.05, 3.63) is 47.8 Å². The maximum Gasteiger partial charge on any atom is 0.133 e. The average molecular weight is 343 g/mol. The van der Waals surface area contributed by atoms with Crippen molar-refractivity contribution < 1.29 is 13.2 Å². The van der Waals surface area contributed by atoms with Gasteiger partial charge in [-0.3, -0.25) is 4.90 Å². The highest BCUT2D eigenvalue weighted by atomic mass is 35.5. The molecule has 1 aromatic rings. The molecule has 0 aromatic heterocycles. The summed E-state index contributed by atoms with van der Waals surface area (Å²) in [6.07, 6.45) is 2.06. The van der Waals surface area contributed by atoms with Gasteiger partial charge in [-0.2, -0.15) is 0 Å². The molecule has 1 N–H and O–H groups in total. The third-order valence-electron chi connectivity index (χ3n) is 3.36. The van der Waals surface area contributed by atoms with Crippen LogP contribution in [0.3, 0.4) is 0 Å². The summed E-state index contributed by atoms with van der Waals surface area (Å²) >= 11 is 0. The van der Waals surface area contributed by atoms with Crippen LogP contribution in [0.15, 0.2) is 24.8 Å². The van der Waals surface area contributed by atoms with Gasteiger partial charge in [-0.1, -0.05) is 6.08 Å². The highest BCUT2D eigenvalue weighted by Gasteiger charge is 2.27. The maximum absolute atomic E-state index is 13.9. The van der Waals surface area contributed by atoms with E-state index >= 15 is 0 Å². The molecule has 0 unspecified atom stereocenters. The second-order valence-electron chi connectivity index (χ2n) is 4.61. The summed E-state index contributed by atoms with van der Waals surface area (Å²) in [5, 5.41) is 3.19. The molecule has 0 aliphatic carbocycles. The molecule has 1 saturated heterocycles. The summed E-state index contributed by atoms with van der Waals surface area (Å²) in [5.41, 5.74) is -0.0665. The Morgan fingerprint density at radius 3 is 2.14 bits per heavy atom. The van der Waals surface area contributed by atoms with Crippen LogP contribution in [0, 0.1) is 17.5 Å². The Morgan fingerprint density at radius 1 is 1.14 bits per heavy atom. The molecular formula is C14H19Cl2F3N2. The molecule has 1 aliphatic heterocycles. The molecule has 1 atom stereocenters. The van der Waals surface area contributed by atoms with Crippen molar-refractivity contribution in [2.24, 2.45) is 0 Å². The third-order valence-corrected chi connectivity index (χ3v) is 3.36. The fraction of sp³-hybridized carbons (Fsp3) is 0.429. The first-order valence-corrected chi connectivity index (χ1v) is 6.33. The van der Waals surface area contributed by atoms with Crippen molar-refractivity contribution >= 4 is 24.8 Å². The zero-order valence-electron chi connectivity index (χ0n) is 11.4. The second-order valence-corrected chi connectivity index (χ2v) is 4.61. The number of hydrogen-bond donors (Lipinski definition) is 1. The number of hydrogen-bond acceptors (Lipinski definition) is 2. The first-order valence-electron chi connectivity index (χ1n) is 6.33. The summed E-state index contributed by atoms with van der Waals surface area (Å²) in [6.45, 7) is 6.59. The predicted molar refractivity (Wildman–Crippen MR) is 82.8 cm³/mol. The van der Waals surface area contributed by atoms with Crippen LogP contribution >= 0.6 is 24.8 Å². The minimum Gasteiger partial charge on any atom is -0.314 e. The van der Waals surface area contributed by atoms with Crippen LogP contribution in [0.4, 0.5) is 13.2 Å². The number of nitrogens with one attached hydrogen (secondary N) is 1. The molecule has 2 nitrogen and oxygen atoms in total. The van der Waals surface area contributed by atoms with E-state index in [1.807, 2.05) is 4.90 Å². The van der Waals surface area contributed by atoms with E-state index in [1.165, 1.54) is 0 Å². The lowest BCUT2D eigenvalue weighted by Gasteiger charge is -2.35. The van der Waals surface area contributed by atoms with Gasteiger partial charge in [0.05, 0.1) is 0 Å². The smallest absolute Gasteiger partial charge is 0.133 e. The molecule has 1 fully saturated rings. The van der Waals surface area contributed by atoms with E-state index in [4.69, 9.17) is 0 Å². The van der Waals surface area contributed by atoms with E-state index in [-0.39, 0.29) is 30.4 Å². The van der Waals surface area contributed by atoms with Crippen molar-refractivity contribution in [3.8, 4) is 0 Å². The Kier molecular flexibility index (Phi) is 8.97. The van der Waals surface area contributed by atoms with Gasteiger partial charge in [0.15, 0.2) is 0 Å². The SMILES string of the molecule is C=CC[C@@H](c1c(F)cc(F)cc1F)N1CCNCC1.Cl.Cl. The van der Waals surface area contributed by atoms with E-state index < -0.39 is 23.5 Å². The molecule has 1 heterocycles. The average Bonchev–Trinajstić information content (AvgIpc) is 2.37. The Balaban J connectivity index is 0.00000200. The normalized spacial score (nSPS) is 16.5. The van der Waals surface area contributed by atoms with Gasteiger partial charge in [-0.15, -0.1) is 31.4 Å². The third kappa shape index (κ3) is 4.88. The molecule has 2 rings (SSSR count). The predicted octanol–water partition coefficient (Wildman–Crippen LogP) is 3.47. The van der Waals surface area contributed by atoms with Gasteiger partial charge < -0.3 is 5.32 Å². The zero-order valence-corrected chi connectivity index (χ0v) is 13.1. The van der Waals surface area contributed by atoms with Crippen LogP contribution in [0.2, 0.25) is 0 Å². The lowest BCUT2D eigenvalue weighted by molar-refractivity contribution is 0.167. The van der Waals surface area contributed by atoms with Crippen LogP contribution < -0.4 is 5.32 Å². The van der Waals surface area contributed by atoms with Gasteiger partial charge in [0.25, 0.3) is 0 Å². The number of rotatable bonds is 4. The quantitative estimate of drug-likeness (QED) is 0.843. The van der Waals surface area contributed by atoms with E-state index in [0.29, 0.717) is 19.5 Å². The summed E-state index contributed by atoms with van der Waals surface area (Å²) in [5.74, 6) is -2.55. The summed E-state index contributed by atoms with van der Waals surface area (Å²) in [7, 11) is 0. The topological polar surface area (TPSA) is 15.3 Å². The van der Waals surface area contributed by atoms with Gasteiger partial charge in [0, 0.05) is 49.9 Å². The summed E-state index contributed by atoms with van der Waals surface area (Å²) < 4.78 is 40.7. The Morgan fingerprint density at radius 2 is 1.67 bits per heavy atom. The van der Waals surface area contributed by atoms with Crippen LogP contribution in [0.5, 0.6) is 0 Å². The number of piperazine rings is 1. The largest absolute Gasteiger partial charge is 0.314 e. The standard InChI is InChI=1S/C14H17F3N2.2ClH/c1-2-3-13(19-6-4-18-5-7-19)14-11(16)8-10(15)9-12(14)17;;/h2,8-9,13,18H,1,3-7H2;2*1H/t13-;;/m0../s1. The lowest BCUT2D eigenvalue weighted by atomic mass is 9.99. The van der Waals surface area contributed by atoms with Gasteiger partial charge in [0.2, 0.25) is 0 Å². The fourth-order valence-corrected chi connectivity index (χ4v) is 2.47. The summed E-state index contributed by atoms with van der Waals surface area (Å²) in [6, 6.07) is 1.04. The lowest BCUT2D eigenvalue weighted by Crippen LogP contribution is -2.45. The molecule has 0 amide bonds. The number of nitrogens with zero attached hydrogens (tertiary/aromatic N) is 1. The molecule has 1 aliphatic rings. The molecule has 0 spiro atoms. The molecule has 120 valence electrons. The monoisotopic (exact) mass is 342 g/mol. The molecule has 7 heteroatoms. The second kappa shape index (κ2) is 9.30. The Labute approximate surface area is 135 Å². The Bertz CT molecular complexity index is 443. The maximum atomic E-state index is 13.9. The van der Waals surface area contributed by atoms with Crippen molar-refractivity contribution in [3.63, 3.8) is 0 Å². The molecular weight excluding hydrogens is 324 g/mol. The van der Waals surface area contributed by atoms with Crippen LogP contribution in [-0.2, 0) is 0 Å². The molecule has 0 bridgehead atoms. The molecule has 1 aromatic carbocycles. The first kappa shape index (κ1) is 20.2. The summed E-state index contributed by atoms with van der Waals surface area (Å²) in [4.78, 5) is 2.00. The fourth-order valence-electron chi connectivity index (χ4n) is 2.47. The van der Waals surface area contributed by atoms with Crippen LogP contribution in [0.1, 0.15) is 18.0 Å². The molecule has 0 saturated carbocycles. The van der Waals surface area contributed by atoms with Gasteiger partial charge in [0.1, 0.15) is 17.5 Å². The van der Waals surface area contributed by atoms with Crippen LogP contribution in [-0.4, -0.2) is 31.1 Å². The zero-order chi connectivity index (χ0) is 13.8. The van der Waals surface area contributed by atoms with Crippen LogP contribution in [0.25, 0.3) is 0 Å². The van der Waals surface area contributed by atoms with E-state index in [2.05, 4.69) is 11.9 Å². The molecule has 0 radical (unpaired) electrons.